The van der Waals surface area contributed by atoms with Gasteiger partial charge in [0.2, 0.25) is 10.0 Å². The minimum atomic E-state index is -3.57. The summed E-state index contributed by atoms with van der Waals surface area (Å²) in [5, 5.41) is 0. The zero-order valence-corrected chi connectivity index (χ0v) is 19.3. The van der Waals surface area contributed by atoms with Gasteiger partial charge in [-0.05, 0) is 48.5 Å². The summed E-state index contributed by atoms with van der Waals surface area (Å²) in [6.07, 6.45) is 0. The van der Waals surface area contributed by atoms with Gasteiger partial charge in [0.05, 0.1) is 29.5 Å². The summed E-state index contributed by atoms with van der Waals surface area (Å²) >= 11 is 1.63. The summed E-state index contributed by atoms with van der Waals surface area (Å²) < 4.78 is 37.9. The van der Waals surface area contributed by atoms with Gasteiger partial charge in [-0.3, -0.25) is 9.69 Å². The van der Waals surface area contributed by atoms with Gasteiger partial charge in [-0.2, -0.15) is 4.31 Å². The third kappa shape index (κ3) is 4.37. The zero-order chi connectivity index (χ0) is 22.8. The summed E-state index contributed by atoms with van der Waals surface area (Å²) in [4.78, 5) is 17.1. The molecule has 0 unspecified atom stereocenters. The molecule has 0 aliphatic carbocycles. The number of hydrogen-bond acceptors (Lipinski definition) is 6. The van der Waals surface area contributed by atoms with Crippen LogP contribution in [0.2, 0.25) is 0 Å². The molecule has 0 atom stereocenters. The van der Waals surface area contributed by atoms with Crippen LogP contribution in [0.3, 0.4) is 0 Å². The van der Waals surface area contributed by atoms with E-state index in [4.69, 9.17) is 9.47 Å². The number of ether oxygens (including phenoxy) is 2. The maximum atomic E-state index is 13.2. The first-order valence-electron chi connectivity index (χ1n) is 10.5. The largest absolute Gasteiger partial charge is 0.484 e. The molecule has 0 saturated carbocycles. The highest BCUT2D eigenvalue weighted by atomic mass is 32.2. The Morgan fingerprint density at radius 2 is 1.45 bits per heavy atom. The maximum Gasteiger partial charge on any atom is 0.269 e. The molecule has 2 aliphatic heterocycles. The van der Waals surface area contributed by atoms with Crippen LogP contribution in [0.25, 0.3) is 0 Å². The third-order valence-electron chi connectivity index (χ3n) is 5.48. The molecule has 5 rings (SSSR count). The molecule has 0 bridgehead atoms. The second-order valence-corrected chi connectivity index (χ2v) is 10.6. The van der Waals surface area contributed by atoms with E-state index in [-0.39, 0.29) is 17.4 Å². The fourth-order valence-corrected chi connectivity index (χ4v) is 6.29. The number of amides is 1. The van der Waals surface area contributed by atoms with Crippen LogP contribution < -0.4 is 9.64 Å². The van der Waals surface area contributed by atoms with E-state index in [1.54, 1.807) is 28.8 Å². The maximum absolute atomic E-state index is 13.2. The molecule has 2 aliphatic rings. The van der Waals surface area contributed by atoms with Crippen molar-refractivity contribution in [3.63, 3.8) is 0 Å². The van der Waals surface area contributed by atoms with Gasteiger partial charge in [-0.1, -0.05) is 36.0 Å². The lowest BCUT2D eigenvalue weighted by atomic mass is 10.2. The van der Waals surface area contributed by atoms with Crippen molar-refractivity contribution >= 4 is 39.1 Å². The van der Waals surface area contributed by atoms with Crippen molar-refractivity contribution in [3.05, 3.63) is 72.8 Å². The Hall–Kier alpha value is -2.85. The van der Waals surface area contributed by atoms with Gasteiger partial charge in [-0.15, -0.1) is 0 Å². The molecule has 0 radical (unpaired) electrons. The van der Waals surface area contributed by atoms with Gasteiger partial charge in [0, 0.05) is 22.9 Å². The molecule has 170 valence electrons. The number of anilines is 2. The Morgan fingerprint density at radius 1 is 0.879 bits per heavy atom. The molecule has 7 nitrogen and oxygen atoms in total. The number of benzene rings is 3. The van der Waals surface area contributed by atoms with Crippen LogP contribution in [-0.4, -0.2) is 51.5 Å². The first-order chi connectivity index (χ1) is 16.0. The molecule has 1 saturated heterocycles. The van der Waals surface area contributed by atoms with Gasteiger partial charge < -0.3 is 9.47 Å². The fraction of sp³-hybridized carbons (Fsp3) is 0.208. The van der Waals surface area contributed by atoms with Gasteiger partial charge in [-0.25, -0.2) is 8.42 Å². The molecule has 1 fully saturated rings. The smallest absolute Gasteiger partial charge is 0.269 e. The standard InChI is InChI=1S/C24H22N2O5S2/c27-24(26-20-5-1-3-7-22(20)32-23-8-4-2-6-21(23)26)17-31-18-9-11-19(12-10-18)33(28,29)25-13-15-30-16-14-25/h1-12H,13-17H2. The van der Waals surface area contributed by atoms with E-state index >= 15 is 0 Å². The molecule has 3 aromatic rings. The number of fused-ring (bicyclic) bond motifs is 2. The van der Waals surface area contributed by atoms with E-state index in [1.807, 2.05) is 48.5 Å². The van der Waals surface area contributed by atoms with Crippen LogP contribution in [0.5, 0.6) is 5.75 Å². The molecule has 0 spiro atoms. The molecule has 2 heterocycles. The second kappa shape index (κ2) is 9.18. The van der Waals surface area contributed by atoms with Crippen molar-refractivity contribution in [2.45, 2.75) is 14.7 Å². The second-order valence-electron chi connectivity index (χ2n) is 7.54. The molecule has 0 aromatic heterocycles. The predicted molar refractivity (Wildman–Crippen MR) is 126 cm³/mol. The summed E-state index contributed by atoms with van der Waals surface area (Å²) in [6, 6.07) is 21.7. The summed E-state index contributed by atoms with van der Waals surface area (Å²) in [6.45, 7) is 1.29. The van der Waals surface area contributed by atoms with Crippen LogP contribution in [0.15, 0.2) is 87.5 Å². The predicted octanol–water partition coefficient (Wildman–Crippen LogP) is 3.92. The monoisotopic (exact) mass is 482 g/mol. The summed E-state index contributed by atoms with van der Waals surface area (Å²) in [7, 11) is -3.57. The molecular weight excluding hydrogens is 460 g/mol. The molecule has 9 heteroatoms. The fourth-order valence-electron chi connectivity index (χ4n) is 3.83. The first-order valence-corrected chi connectivity index (χ1v) is 12.8. The van der Waals surface area contributed by atoms with E-state index in [2.05, 4.69) is 0 Å². The Morgan fingerprint density at radius 3 is 2.06 bits per heavy atom. The van der Waals surface area contributed by atoms with Crippen molar-refractivity contribution in [2.75, 3.05) is 37.8 Å². The number of sulfonamides is 1. The Kier molecular flexibility index (Phi) is 6.11. The highest BCUT2D eigenvalue weighted by Gasteiger charge is 2.29. The van der Waals surface area contributed by atoms with Crippen LogP contribution >= 0.6 is 11.8 Å². The Labute approximate surface area is 197 Å². The van der Waals surface area contributed by atoms with E-state index in [9.17, 15) is 13.2 Å². The topological polar surface area (TPSA) is 76.2 Å². The van der Waals surface area contributed by atoms with E-state index < -0.39 is 10.0 Å². The van der Waals surface area contributed by atoms with Gasteiger partial charge in [0.15, 0.2) is 6.61 Å². The number of carbonyl (C=O) groups is 1. The normalized spacial score (nSPS) is 16.1. The van der Waals surface area contributed by atoms with Crippen molar-refractivity contribution in [3.8, 4) is 5.75 Å². The number of hydrogen-bond donors (Lipinski definition) is 0. The van der Waals surface area contributed by atoms with Gasteiger partial charge >= 0.3 is 0 Å². The lowest BCUT2D eigenvalue weighted by molar-refractivity contribution is -0.119. The SMILES string of the molecule is O=C(COc1ccc(S(=O)(=O)N2CCOCC2)cc1)N1c2ccccc2Sc2ccccc21. The third-order valence-corrected chi connectivity index (χ3v) is 8.52. The highest BCUT2D eigenvalue weighted by molar-refractivity contribution is 7.99. The van der Waals surface area contributed by atoms with Crippen molar-refractivity contribution in [1.82, 2.24) is 4.31 Å². The molecule has 33 heavy (non-hydrogen) atoms. The minimum Gasteiger partial charge on any atom is -0.484 e. The average Bonchev–Trinajstić information content (AvgIpc) is 2.86. The molecule has 0 N–H and O–H groups in total. The van der Waals surface area contributed by atoms with Crippen LogP contribution in [-0.2, 0) is 19.6 Å². The Bertz CT molecular complexity index is 1230. The number of morpholine rings is 1. The number of para-hydroxylation sites is 2. The number of rotatable bonds is 5. The number of nitrogens with zero attached hydrogens (tertiary/aromatic N) is 2. The highest BCUT2D eigenvalue weighted by Crippen LogP contribution is 2.47. The van der Waals surface area contributed by atoms with E-state index in [0.717, 1.165) is 21.2 Å². The van der Waals surface area contributed by atoms with Crippen molar-refractivity contribution in [2.24, 2.45) is 0 Å². The van der Waals surface area contributed by atoms with Gasteiger partial charge in [0.1, 0.15) is 5.75 Å². The summed E-state index contributed by atoms with van der Waals surface area (Å²) in [5.74, 6) is 0.220. The van der Waals surface area contributed by atoms with Crippen LogP contribution in [0, 0.1) is 0 Å². The summed E-state index contributed by atoms with van der Waals surface area (Å²) in [5.41, 5.74) is 1.64. The quantitative estimate of drug-likeness (QED) is 0.549. The average molecular weight is 483 g/mol. The lowest BCUT2D eigenvalue weighted by Crippen LogP contribution is -2.40. The first kappa shape index (κ1) is 22.0. The van der Waals surface area contributed by atoms with Crippen LogP contribution in [0.1, 0.15) is 0 Å². The molecule has 3 aromatic carbocycles. The molecular formula is C24H22N2O5S2. The van der Waals surface area contributed by atoms with Crippen molar-refractivity contribution < 1.29 is 22.7 Å². The van der Waals surface area contributed by atoms with Crippen LogP contribution in [0.4, 0.5) is 11.4 Å². The van der Waals surface area contributed by atoms with E-state index in [1.165, 1.54) is 16.4 Å². The zero-order valence-electron chi connectivity index (χ0n) is 17.7. The number of carbonyl (C=O) groups excluding carboxylic acids is 1. The Balaban J connectivity index is 1.31. The molecule has 1 amide bonds. The van der Waals surface area contributed by atoms with Gasteiger partial charge in [0.25, 0.3) is 5.91 Å². The van der Waals surface area contributed by atoms with Crippen molar-refractivity contribution in [1.29, 1.82) is 0 Å². The lowest BCUT2D eigenvalue weighted by Gasteiger charge is -2.30. The van der Waals surface area contributed by atoms with E-state index in [0.29, 0.717) is 32.1 Å². The minimum absolute atomic E-state index is 0.178.